The van der Waals surface area contributed by atoms with Crippen molar-refractivity contribution in [1.29, 1.82) is 0 Å². The van der Waals surface area contributed by atoms with Crippen molar-refractivity contribution in [2.45, 2.75) is 0 Å². The molecule has 0 aliphatic heterocycles. The Morgan fingerprint density at radius 2 is 1.50 bits per heavy atom. The summed E-state index contributed by atoms with van der Waals surface area (Å²) >= 11 is 0. The van der Waals surface area contributed by atoms with Crippen LogP contribution in [0.1, 0.15) is 1.43 Å². The fraction of sp³-hybridized carbons (Fsp3) is 0. The Bertz CT molecular complexity index is 34.7. The minimum Gasteiger partial charge on any atom is -1.00 e. The van der Waals surface area contributed by atoms with Gasteiger partial charge in [-0.15, -0.1) is 0 Å². The third kappa shape index (κ3) is 96.9. The smallest absolute Gasteiger partial charge is 1.00 e. The van der Waals surface area contributed by atoms with Gasteiger partial charge in [-0.25, -0.2) is 4.79 Å². The summed E-state index contributed by atoms with van der Waals surface area (Å²) in [5.74, 6) is 0. The van der Waals surface area contributed by atoms with Crippen molar-refractivity contribution >= 4 is 6.16 Å². The van der Waals surface area contributed by atoms with Crippen molar-refractivity contribution in [3.63, 3.8) is 0 Å². The molecule has 34 valence electrons. The topological polar surface area (TPSA) is 89.0 Å². The molecule has 0 rings (SSSR count). The minimum atomic E-state index is -1.83. The van der Waals surface area contributed by atoms with Crippen molar-refractivity contribution in [2.24, 2.45) is 0 Å². The fourth-order valence-corrected chi connectivity index (χ4v) is 0. The van der Waals surface area contributed by atoms with E-state index in [0.29, 0.717) is 0 Å². The quantitative estimate of drug-likeness (QED) is 0.325. The van der Waals surface area contributed by atoms with Gasteiger partial charge in [0.05, 0.1) is 0 Å². The van der Waals surface area contributed by atoms with E-state index in [1.807, 2.05) is 0 Å². The predicted molar refractivity (Wildman–Crippen MR) is 15.4 cm³/mol. The van der Waals surface area contributed by atoms with Gasteiger partial charge in [0.25, 0.3) is 0 Å². The van der Waals surface area contributed by atoms with Crippen molar-refractivity contribution in [1.82, 2.24) is 0 Å². The van der Waals surface area contributed by atoms with E-state index in [0.717, 1.165) is 0 Å². The zero-order valence-corrected chi connectivity index (χ0v) is 6.43. The maximum absolute atomic E-state index is 8.56. The number of carbonyl (C=O) groups is 1. The van der Waals surface area contributed by atoms with Crippen LogP contribution in [0.15, 0.2) is 0 Å². The summed E-state index contributed by atoms with van der Waals surface area (Å²) in [7, 11) is 0. The second kappa shape index (κ2) is 9.29. The molecule has 4 nitrogen and oxygen atoms in total. The summed E-state index contributed by atoms with van der Waals surface area (Å²) < 4.78 is 0. The number of hydrogen-bond acceptors (Lipinski definition) is 1. The van der Waals surface area contributed by atoms with Crippen molar-refractivity contribution in [3.05, 3.63) is 0 Å². The zero-order chi connectivity index (χ0) is 3.58. The molecule has 0 spiro atoms. The van der Waals surface area contributed by atoms with Crippen molar-refractivity contribution in [2.75, 3.05) is 0 Å². The largest absolute Gasteiger partial charge is 1.00 e. The molecule has 6 heavy (non-hydrogen) atoms. The first-order valence-electron chi connectivity index (χ1n) is 0.651. The monoisotopic (exact) mass is 120 g/mol. The van der Waals surface area contributed by atoms with Crippen LogP contribution in [-0.4, -0.2) is 21.8 Å². The first kappa shape index (κ1) is 15.8. The van der Waals surface area contributed by atoms with E-state index in [2.05, 4.69) is 0 Å². The zero-order valence-electron chi connectivity index (χ0n) is 4.30. The number of carboxylic acid groups (broad SMARTS) is 2. The molecule has 5 heteroatoms. The molecule has 0 aromatic rings. The maximum atomic E-state index is 8.56. The van der Waals surface area contributed by atoms with Crippen LogP contribution in [0, 0.1) is 0 Å². The third-order valence-corrected chi connectivity index (χ3v) is 0. The van der Waals surface area contributed by atoms with Crippen LogP contribution in [0.25, 0.3) is 0 Å². The Morgan fingerprint density at radius 1 is 1.50 bits per heavy atom. The molecule has 0 heterocycles. The Labute approximate surface area is 78.4 Å². The molecular formula is CH5KO4. The summed E-state index contributed by atoms with van der Waals surface area (Å²) in [5.41, 5.74) is 0. The van der Waals surface area contributed by atoms with Crippen LogP contribution in [-0.2, 0) is 0 Å². The molecule has 4 N–H and O–H groups in total. The Hall–Kier alpha value is 0.866. The van der Waals surface area contributed by atoms with Crippen LogP contribution in [0.2, 0.25) is 0 Å². The summed E-state index contributed by atoms with van der Waals surface area (Å²) in [6, 6.07) is 0. The third-order valence-electron chi connectivity index (χ3n) is 0. The number of rotatable bonds is 0. The van der Waals surface area contributed by atoms with Gasteiger partial charge in [-0.2, -0.15) is 0 Å². The number of hydrogen-bond donors (Lipinski definition) is 2. The second-order valence-electron chi connectivity index (χ2n) is 0.283. The van der Waals surface area contributed by atoms with Gasteiger partial charge in [-0.3, -0.25) is 0 Å². The molecule has 0 bridgehead atoms. The van der Waals surface area contributed by atoms with E-state index in [-0.39, 0.29) is 58.3 Å². The van der Waals surface area contributed by atoms with E-state index >= 15 is 0 Å². The van der Waals surface area contributed by atoms with Gasteiger partial charge in [0.1, 0.15) is 0 Å². The van der Waals surface area contributed by atoms with Gasteiger partial charge < -0.3 is 17.1 Å². The normalized spacial score (nSPS) is 4.00. The molecule has 0 atom stereocenters. The Kier molecular flexibility index (Phi) is 24.5. The van der Waals surface area contributed by atoms with Gasteiger partial charge in [-0.05, 0) is 0 Å². The summed E-state index contributed by atoms with van der Waals surface area (Å²) in [5, 5.41) is 13.9. The summed E-state index contributed by atoms with van der Waals surface area (Å²) in [6.07, 6.45) is -1.83. The van der Waals surface area contributed by atoms with Crippen LogP contribution in [0.4, 0.5) is 4.79 Å². The molecule has 0 saturated heterocycles. The maximum Gasteiger partial charge on any atom is 1.00 e. The molecule has 0 aliphatic rings. The molecule has 0 aliphatic carbocycles. The summed E-state index contributed by atoms with van der Waals surface area (Å²) in [4.78, 5) is 8.56. The van der Waals surface area contributed by atoms with Gasteiger partial charge in [0.15, 0.2) is 0 Å². The second-order valence-corrected chi connectivity index (χ2v) is 0.283. The van der Waals surface area contributed by atoms with Crippen molar-refractivity contribution in [3.8, 4) is 0 Å². The van der Waals surface area contributed by atoms with Gasteiger partial charge in [0.2, 0.25) is 0 Å². The van der Waals surface area contributed by atoms with Crippen LogP contribution < -0.4 is 51.4 Å². The molecular weight excluding hydrogens is 115 g/mol. The molecule has 0 amide bonds. The van der Waals surface area contributed by atoms with Crippen LogP contribution >= 0.6 is 0 Å². The van der Waals surface area contributed by atoms with Crippen molar-refractivity contribution < 1.29 is 73.3 Å². The first-order chi connectivity index (χ1) is 1.73. The molecule has 0 unspecified atom stereocenters. The SMILES string of the molecule is O.O=C(O)O.[H-].[K+]. The van der Waals surface area contributed by atoms with Gasteiger partial charge in [-0.1, -0.05) is 0 Å². The molecule has 0 radical (unpaired) electrons. The standard InChI is InChI=1S/CH2O3.K.H2O.H/c2-1(3)4;;;/h(H2,2,3,4);;1H2;/q;+1;;-1. The minimum absolute atomic E-state index is 0. The predicted octanol–water partition coefficient (Wildman–Crippen LogP) is -3.49. The molecule has 0 aromatic heterocycles. The van der Waals surface area contributed by atoms with Crippen LogP contribution in [0.5, 0.6) is 0 Å². The average molecular weight is 120 g/mol. The van der Waals surface area contributed by atoms with Gasteiger partial charge >= 0.3 is 57.5 Å². The van der Waals surface area contributed by atoms with E-state index in [4.69, 9.17) is 15.0 Å². The summed E-state index contributed by atoms with van der Waals surface area (Å²) in [6.45, 7) is 0. The molecule has 0 saturated carbocycles. The fourth-order valence-electron chi connectivity index (χ4n) is 0. The van der Waals surface area contributed by atoms with E-state index < -0.39 is 6.16 Å². The van der Waals surface area contributed by atoms with Gasteiger partial charge in [0, 0.05) is 0 Å². The average Bonchev–Trinajstić information content (AvgIpc) is 0.811. The van der Waals surface area contributed by atoms with E-state index in [1.165, 1.54) is 0 Å². The van der Waals surface area contributed by atoms with Crippen LogP contribution in [0.3, 0.4) is 0 Å². The van der Waals surface area contributed by atoms with E-state index in [1.54, 1.807) is 0 Å². The molecule has 0 aromatic carbocycles. The Morgan fingerprint density at radius 3 is 1.50 bits per heavy atom. The Balaban J connectivity index is -0.0000000150. The van der Waals surface area contributed by atoms with E-state index in [9.17, 15) is 0 Å². The molecule has 0 fully saturated rings. The first-order valence-corrected chi connectivity index (χ1v) is 0.651.